The average Bonchev–Trinajstić information content (AvgIpc) is 2.76. The highest BCUT2D eigenvalue weighted by Crippen LogP contribution is 2.18. The molecule has 17 heavy (non-hydrogen) atoms. The van der Waals surface area contributed by atoms with Crippen LogP contribution in [0, 0.1) is 23.2 Å². The van der Waals surface area contributed by atoms with Crippen LogP contribution in [0.3, 0.4) is 0 Å². The number of nitrogens with zero attached hydrogens (tertiary/aromatic N) is 1. The Bertz CT molecular complexity index is 464. The molecule has 0 radical (unpaired) electrons. The highest BCUT2D eigenvalue weighted by atomic mass is 16.1. The zero-order valence-electron chi connectivity index (χ0n) is 9.73. The van der Waals surface area contributed by atoms with Gasteiger partial charge in [0.05, 0.1) is 17.6 Å². The van der Waals surface area contributed by atoms with Gasteiger partial charge in [0.1, 0.15) is 0 Å². The maximum absolute atomic E-state index is 12.0. The van der Waals surface area contributed by atoms with Crippen LogP contribution in [-0.2, 0) is 4.79 Å². The van der Waals surface area contributed by atoms with Crippen LogP contribution in [0.1, 0.15) is 12.5 Å². The van der Waals surface area contributed by atoms with E-state index in [0.717, 1.165) is 13.1 Å². The molecule has 1 amide bonds. The fourth-order valence-corrected chi connectivity index (χ4v) is 2.06. The summed E-state index contributed by atoms with van der Waals surface area (Å²) in [4.78, 5) is 12.0. The van der Waals surface area contributed by atoms with Crippen molar-refractivity contribution < 1.29 is 4.79 Å². The number of amides is 1. The number of hydrogen-bond donors (Lipinski definition) is 2. The molecule has 2 atom stereocenters. The molecule has 0 unspecified atom stereocenters. The molecule has 1 saturated heterocycles. The molecule has 1 aromatic carbocycles. The summed E-state index contributed by atoms with van der Waals surface area (Å²) in [6.07, 6.45) is 0. The standard InChI is InChI=1S/C13H15N3O/c1-9-7-15-8-12(9)13(17)16-11-4-2-3-10(5-11)6-14/h2-5,9,12,15H,7-8H2,1H3,(H,16,17)/t9-,12-/m1/s1. The molecule has 1 aliphatic heterocycles. The molecule has 4 heteroatoms. The molecule has 0 aromatic heterocycles. The third-order valence-corrected chi connectivity index (χ3v) is 3.11. The van der Waals surface area contributed by atoms with Crippen molar-refractivity contribution in [2.45, 2.75) is 6.92 Å². The summed E-state index contributed by atoms with van der Waals surface area (Å²) in [6, 6.07) is 9.02. The minimum absolute atomic E-state index is 0.0146. The second-order valence-corrected chi connectivity index (χ2v) is 4.42. The fraction of sp³-hybridized carbons (Fsp3) is 0.385. The van der Waals surface area contributed by atoms with Gasteiger partial charge >= 0.3 is 0 Å². The number of benzene rings is 1. The molecule has 2 rings (SSSR count). The van der Waals surface area contributed by atoms with Gasteiger partial charge in [-0.1, -0.05) is 13.0 Å². The van der Waals surface area contributed by atoms with Gasteiger partial charge in [0, 0.05) is 12.2 Å². The average molecular weight is 229 g/mol. The molecule has 88 valence electrons. The predicted octanol–water partition coefficient (Wildman–Crippen LogP) is 1.35. The first-order valence-corrected chi connectivity index (χ1v) is 5.72. The Morgan fingerprint density at radius 3 is 3.00 bits per heavy atom. The van der Waals surface area contributed by atoms with E-state index in [1.54, 1.807) is 24.3 Å². The zero-order chi connectivity index (χ0) is 12.3. The number of hydrogen-bond acceptors (Lipinski definition) is 3. The van der Waals surface area contributed by atoms with Crippen molar-refractivity contribution in [3.63, 3.8) is 0 Å². The molecule has 0 spiro atoms. The third-order valence-electron chi connectivity index (χ3n) is 3.11. The Balaban J connectivity index is 2.05. The first-order valence-electron chi connectivity index (χ1n) is 5.72. The van der Waals surface area contributed by atoms with Gasteiger partial charge in [0.15, 0.2) is 0 Å². The first kappa shape index (κ1) is 11.6. The van der Waals surface area contributed by atoms with Crippen molar-refractivity contribution >= 4 is 11.6 Å². The van der Waals surface area contributed by atoms with Gasteiger partial charge in [-0.2, -0.15) is 5.26 Å². The lowest BCUT2D eigenvalue weighted by atomic mass is 9.97. The third kappa shape index (κ3) is 2.63. The second kappa shape index (κ2) is 4.98. The van der Waals surface area contributed by atoms with Crippen LogP contribution in [0.2, 0.25) is 0 Å². The number of anilines is 1. The largest absolute Gasteiger partial charge is 0.326 e. The molecule has 1 heterocycles. The van der Waals surface area contributed by atoms with Gasteiger partial charge in [0.2, 0.25) is 5.91 Å². The van der Waals surface area contributed by atoms with E-state index < -0.39 is 0 Å². The lowest BCUT2D eigenvalue weighted by Gasteiger charge is -2.14. The van der Waals surface area contributed by atoms with E-state index >= 15 is 0 Å². The van der Waals surface area contributed by atoms with Crippen LogP contribution in [0.15, 0.2) is 24.3 Å². The molecular weight excluding hydrogens is 214 g/mol. The summed E-state index contributed by atoms with van der Waals surface area (Å²) in [5, 5.41) is 14.8. The molecule has 1 aromatic rings. The van der Waals surface area contributed by atoms with Gasteiger partial charge in [-0.05, 0) is 30.7 Å². The van der Waals surface area contributed by atoms with Gasteiger partial charge in [-0.3, -0.25) is 4.79 Å². The Morgan fingerprint density at radius 2 is 2.35 bits per heavy atom. The number of carbonyl (C=O) groups is 1. The van der Waals surface area contributed by atoms with E-state index in [1.165, 1.54) is 0 Å². The van der Waals surface area contributed by atoms with Gasteiger partial charge in [0.25, 0.3) is 0 Å². The van der Waals surface area contributed by atoms with E-state index in [2.05, 4.69) is 23.6 Å². The van der Waals surface area contributed by atoms with E-state index in [0.29, 0.717) is 17.2 Å². The van der Waals surface area contributed by atoms with Crippen LogP contribution in [0.25, 0.3) is 0 Å². The SMILES string of the molecule is C[C@@H]1CNC[C@H]1C(=O)Nc1cccc(C#N)c1. The Hall–Kier alpha value is -1.86. The molecule has 0 saturated carbocycles. The van der Waals surface area contributed by atoms with Crippen molar-refractivity contribution in [2.24, 2.45) is 11.8 Å². The molecule has 0 aliphatic carbocycles. The molecule has 2 N–H and O–H groups in total. The van der Waals surface area contributed by atoms with E-state index in [-0.39, 0.29) is 11.8 Å². The summed E-state index contributed by atoms with van der Waals surface area (Å²) in [5.41, 5.74) is 1.24. The summed E-state index contributed by atoms with van der Waals surface area (Å²) in [5.74, 6) is 0.396. The topological polar surface area (TPSA) is 64.9 Å². The quantitative estimate of drug-likeness (QED) is 0.804. The first-order chi connectivity index (χ1) is 8.20. The van der Waals surface area contributed by atoms with Gasteiger partial charge in [-0.25, -0.2) is 0 Å². The second-order valence-electron chi connectivity index (χ2n) is 4.42. The van der Waals surface area contributed by atoms with Gasteiger partial charge < -0.3 is 10.6 Å². The highest BCUT2D eigenvalue weighted by molar-refractivity contribution is 5.93. The number of nitriles is 1. The molecule has 0 bridgehead atoms. The van der Waals surface area contributed by atoms with E-state index in [9.17, 15) is 4.79 Å². The summed E-state index contributed by atoms with van der Waals surface area (Å²) >= 11 is 0. The van der Waals surface area contributed by atoms with Crippen molar-refractivity contribution in [3.05, 3.63) is 29.8 Å². The minimum atomic E-state index is 0.0146. The molecular formula is C13H15N3O. The van der Waals surface area contributed by atoms with Crippen LogP contribution in [-0.4, -0.2) is 19.0 Å². The van der Waals surface area contributed by atoms with Gasteiger partial charge in [-0.15, -0.1) is 0 Å². The summed E-state index contributed by atoms with van der Waals surface area (Å²) in [7, 11) is 0. The van der Waals surface area contributed by atoms with Crippen molar-refractivity contribution in [1.82, 2.24) is 5.32 Å². The Kier molecular flexibility index (Phi) is 3.40. The minimum Gasteiger partial charge on any atom is -0.326 e. The fourth-order valence-electron chi connectivity index (χ4n) is 2.06. The van der Waals surface area contributed by atoms with Crippen LogP contribution >= 0.6 is 0 Å². The maximum Gasteiger partial charge on any atom is 0.229 e. The number of carbonyl (C=O) groups excluding carboxylic acids is 1. The van der Waals surface area contributed by atoms with Crippen LogP contribution in [0.5, 0.6) is 0 Å². The highest BCUT2D eigenvalue weighted by Gasteiger charge is 2.29. The summed E-state index contributed by atoms with van der Waals surface area (Å²) < 4.78 is 0. The number of nitrogens with one attached hydrogen (secondary N) is 2. The molecule has 4 nitrogen and oxygen atoms in total. The smallest absolute Gasteiger partial charge is 0.229 e. The van der Waals surface area contributed by atoms with Crippen molar-refractivity contribution in [1.29, 1.82) is 5.26 Å². The van der Waals surface area contributed by atoms with Crippen molar-refractivity contribution in [2.75, 3.05) is 18.4 Å². The predicted molar refractivity (Wildman–Crippen MR) is 65.3 cm³/mol. The van der Waals surface area contributed by atoms with Crippen LogP contribution in [0.4, 0.5) is 5.69 Å². The lowest BCUT2D eigenvalue weighted by molar-refractivity contribution is -0.120. The summed E-state index contributed by atoms with van der Waals surface area (Å²) in [6.45, 7) is 3.68. The maximum atomic E-state index is 12.0. The zero-order valence-corrected chi connectivity index (χ0v) is 9.73. The normalized spacial score (nSPS) is 23.1. The number of rotatable bonds is 2. The lowest BCUT2D eigenvalue weighted by Crippen LogP contribution is -2.27. The van der Waals surface area contributed by atoms with Crippen molar-refractivity contribution in [3.8, 4) is 6.07 Å². The van der Waals surface area contributed by atoms with E-state index in [4.69, 9.17) is 5.26 Å². The monoisotopic (exact) mass is 229 g/mol. The molecule has 1 fully saturated rings. The molecule has 1 aliphatic rings. The van der Waals surface area contributed by atoms with Crippen LogP contribution < -0.4 is 10.6 Å². The van der Waals surface area contributed by atoms with E-state index in [1.807, 2.05) is 0 Å². The Labute approximate surface area is 101 Å². The Morgan fingerprint density at radius 1 is 1.53 bits per heavy atom.